The van der Waals surface area contributed by atoms with Gasteiger partial charge in [0.2, 0.25) is 5.91 Å². The molecule has 0 fully saturated rings. The van der Waals surface area contributed by atoms with Crippen LogP contribution in [0, 0.1) is 6.07 Å². The third-order valence-electron chi connectivity index (χ3n) is 4.67. The number of amides is 1. The first-order valence-corrected chi connectivity index (χ1v) is 9.13. The lowest BCUT2D eigenvalue weighted by molar-refractivity contribution is -0.137. The molecular formula is C21H13BrF3N2O. The van der Waals surface area contributed by atoms with Crippen LogP contribution < -0.4 is 5.73 Å². The average Bonchev–Trinajstić information content (AvgIpc) is 2.96. The second-order valence-corrected chi connectivity index (χ2v) is 7.24. The first-order chi connectivity index (χ1) is 13.3. The zero-order valence-corrected chi connectivity index (χ0v) is 15.9. The van der Waals surface area contributed by atoms with Crippen LogP contribution in [0.1, 0.15) is 21.5 Å². The highest BCUT2D eigenvalue weighted by Gasteiger charge is 2.31. The average molecular weight is 446 g/mol. The van der Waals surface area contributed by atoms with Crippen molar-refractivity contribution in [3.63, 3.8) is 0 Å². The molecule has 141 valence electrons. The van der Waals surface area contributed by atoms with Crippen molar-refractivity contribution in [1.82, 2.24) is 4.57 Å². The minimum Gasteiger partial charge on any atom is -0.366 e. The molecule has 4 rings (SSSR count). The third kappa shape index (κ3) is 3.05. The van der Waals surface area contributed by atoms with E-state index in [4.69, 9.17) is 5.73 Å². The molecule has 3 aromatic carbocycles. The predicted octanol–water partition coefficient (Wildman–Crippen LogP) is 5.52. The van der Waals surface area contributed by atoms with Gasteiger partial charge < -0.3 is 10.3 Å². The first kappa shape index (κ1) is 18.6. The van der Waals surface area contributed by atoms with Gasteiger partial charge in [0, 0.05) is 27.4 Å². The topological polar surface area (TPSA) is 48.0 Å². The van der Waals surface area contributed by atoms with Gasteiger partial charge in [0.1, 0.15) is 0 Å². The number of halogens is 4. The number of hydrogen-bond donors (Lipinski definition) is 1. The summed E-state index contributed by atoms with van der Waals surface area (Å²) in [6, 6.07) is 17.2. The molecule has 28 heavy (non-hydrogen) atoms. The Morgan fingerprint density at radius 3 is 2.54 bits per heavy atom. The van der Waals surface area contributed by atoms with E-state index in [2.05, 4.69) is 22.0 Å². The van der Waals surface area contributed by atoms with Crippen LogP contribution in [-0.2, 0) is 12.7 Å². The van der Waals surface area contributed by atoms with Crippen LogP contribution in [0.5, 0.6) is 0 Å². The molecule has 1 heterocycles. The molecule has 2 N–H and O–H groups in total. The summed E-state index contributed by atoms with van der Waals surface area (Å²) in [6.45, 7) is 0.318. The van der Waals surface area contributed by atoms with Gasteiger partial charge in [-0.15, -0.1) is 0 Å². The van der Waals surface area contributed by atoms with Crippen molar-refractivity contribution >= 4 is 43.6 Å². The smallest absolute Gasteiger partial charge is 0.366 e. The number of nitrogens with zero attached hydrogens (tertiary/aromatic N) is 1. The quantitative estimate of drug-likeness (QED) is 0.443. The van der Waals surface area contributed by atoms with Gasteiger partial charge in [0.15, 0.2) is 0 Å². The van der Waals surface area contributed by atoms with Crippen LogP contribution in [0.25, 0.3) is 21.8 Å². The normalized spacial score (nSPS) is 12.0. The van der Waals surface area contributed by atoms with Crippen LogP contribution in [0.4, 0.5) is 13.2 Å². The molecule has 0 unspecified atom stereocenters. The van der Waals surface area contributed by atoms with Crippen molar-refractivity contribution in [1.29, 1.82) is 0 Å². The number of aromatic nitrogens is 1. The fourth-order valence-corrected chi connectivity index (χ4v) is 3.80. The summed E-state index contributed by atoms with van der Waals surface area (Å²) in [4.78, 5) is 11.9. The van der Waals surface area contributed by atoms with Crippen LogP contribution in [-0.4, -0.2) is 10.5 Å². The van der Waals surface area contributed by atoms with E-state index in [-0.39, 0.29) is 5.56 Å². The number of carbonyl (C=O) groups excluding carboxylic acids is 1. The monoisotopic (exact) mass is 445 g/mol. The van der Waals surface area contributed by atoms with Crippen LogP contribution >= 0.6 is 15.9 Å². The Hall–Kier alpha value is -2.80. The molecule has 0 aliphatic heterocycles. The van der Waals surface area contributed by atoms with E-state index in [1.807, 2.05) is 24.3 Å². The van der Waals surface area contributed by atoms with Gasteiger partial charge in [-0.2, -0.15) is 13.2 Å². The van der Waals surface area contributed by atoms with Gasteiger partial charge in [-0.1, -0.05) is 40.2 Å². The molecule has 3 nitrogen and oxygen atoms in total. The molecule has 4 aromatic rings. The number of alkyl halides is 3. The number of hydrogen-bond acceptors (Lipinski definition) is 1. The van der Waals surface area contributed by atoms with Crippen molar-refractivity contribution in [2.75, 3.05) is 0 Å². The van der Waals surface area contributed by atoms with E-state index < -0.39 is 17.6 Å². The summed E-state index contributed by atoms with van der Waals surface area (Å²) < 4.78 is 42.5. The Bertz CT molecular complexity index is 1230. The number of nitrogens with two attached hydrogens (primary N) is 1. The fraction of sp³-hybridized carbons (Fsp3) is 0.0952. The van der Waals surface area contributed by atoms with E-state index in [9.17, 15) is 18.0 Å². The summed E-state index contributed by atoms with van der Waals surface area (Å²) in [7, 11) is 0. The highest BCUT2D eigenvalue weighted by molar-refractivity contribution is 9.10. The molecule has 0 spiro atoms. The summed E-state index contributed by atoms with van der Waals surface area (Å²) in [6.07, 6.45) is -4.49. The summed E-state index contributed by atoms with van der Waals surface area (Å²) >= 11 is 3.48. The minimum absolute atomic E-state index is 0.254. The maximum Gasteiger partial charge on any atom is 0.416 e. The Morgan fingerprint density at radius 1 is 1.11 bits per heavy atom. The maximum atomic E-state index is 13.3. The van der Waals surface area contributed by atoms with Crippen molar-refractivity contribution in [2.45, 2.75) is 12.7 Å². The number of fused-ring (bicyclic) bond motifs is 3. The SMILES string of the molecule is NC(=O)c1cccc2c1c1[c]cc(C(F)(F)F)cc1n2Cc1ccccc1Br. The molecule has 1 aromatic heterocycles. The van der Waals surface area contributed by atoms with Gasteiger partial charge in [0.05, 0.1) is 16.6 Å². The Morgan fingerprint density at radius 2 is 1.86 bits per heavy atom. The van der Waals surface area contributed by atoms with Gasteiger partial charge in [0.25, 0.3) is 0 Å². The molecule has 1 radical (unpaired) electrons. The number of benzene rings is 3. The molecule has 0 atom stereocenters. The predicted molar refractivity (Wildman–Crippen MR) is 105 cm³/mol. The minimum atomic E-state index is -4.49. The molecule has 0 saturated carbocycles. The number of carbonyl (C=O) groups is 1. The molecule has 0 bridgehead atoms. The zero-order chi connectivity index (χ0) is 20.1. The second-order valence-electron chi connectivity index (χ2n) is 6.39. The summed E-state index contributed by atoms with van der Waals surface area (Å²) in [5.41, 5.74) is 6.82. The molecule has 7 heteroatoms. The first-order valence-electron chi connectivity index (χ1n) is 8.34. The highest BCUT2D eigenvalue weighted by Crippen LogP contribution is 2.37. The second kappa shape index (κ2) is 6.67. The Kier molecular flexibility index (Phi) is 4.42. The van der Waals surface area contributed by atoms with Crippen LogP contribution in [0.2, 0.25) is 0 Å². The Balaban J connectivity index is 2.08. The van der Waals surface area contributed by atoms with Crippen molar-refractivity contribution in [2.24, 2.45) is 5.73 Å². The van der Waals surface area contributed by atoms with Gasteiger partial charge in [-0.05, 0) is 42.0 Å². The molecule has 0 aliphatic rings. The third-order valence-corrected chi connectivity index (χ3v) is 5.45. The summed E-state index contributed by atoms with van der Waals surface area (Å²) in [5, 5.41) is 0.940. The van der Waals surface area contributed by atoms with Gasteiger partial charge >= 0.3 is 6.18 Å². The van der Waals surface area contributed by atoms with E-state index in [0.717, 1.165) is 22.2 Å². The molecule has 0 saturated heterocycles. The van der Waals surface area contributed by atoms with E-state index in [1.54, 1.807) is 22.8 Å². The van der Waals surface area contributed by atoms with E-state index in [0.29, 0.717) is 28.4 Å². The number of primary amides is 1. The van der Waals surface area contributed by atoms with Crippen molar-refractivity contribution in [3.05, 3.63) is 81.8 Å². The van der Waals surface area contributed by atoms with Gasteiger partial charge in [-0.25, -0.2) is 0 Å². The van der Waals surface area contributed by atoms with Crippen molar-refractivity contribution < 1.29 is 18.0 Å². The maximum absolute atomic E-state index is 13.3. The largest absolute Gasteiger partial charge is 0.416 e. The highest BCUT2D eigenvalue weighted by atomic mass is 79.9. The zero-order valence-electron chi connectivity index (χ0n) is 14.3. The summed E-state index contributed by atoms with van der Waals surface area (Å²) in [5.74, 6) is -0.640. The molecule has 1 amide bonds. The molecule has 0 aliphatic carbocycles. The van der Waals surface area contributed by atoms with Crippen LogP contribution in [0.15, 0.2) is 59.1 Å². The van der Waals surface area contributed by atoms with E-state index in [1.165, 1.54) is 0 Å². The van der Waals surface area contributed by atoms with Crippen LogP contribution in [0.3, 0.4) is 0 Å². The Labute approximate surface area is 166 Å². The number of rotatable bonds is 3. The van der Waals surface area contributed by atoms with Crippen molar-refractivity contribution in [3.8, 4) is 0 Å². The lowest BCUT2D eigenvalue weighted by Crippen LogP contribution is -2.11. The van der Waals surface area contributed by atoms with E-state index >= 15 is 0 Å². The molecular weight excluding hydrogens is 433 g/mol. The lowest BCUT2D eigenvalue weighted by Gasteiger charge is -2.11. The fourth-order valence-electron chi connectivity index (χ4n) is 3.39. The lowest BCUT2D eigenvalue weighted by atomic mass is 10.0. The standard InChI is InChI=1S/C21H13BrF3N2O/c22-16-6-2-1-4-12(16)11-27-17-7-3-5-15(20(26)28)19(17)14-9-8-13(10-18(14)27)21(23,24)25/h1-8,10H,11H2,(H2,26,28). The van der Waals surface area contributed by atoms with Gasteiger partial charge in [-0.3, -0.25) is 4.79 Å².